The lowest BCUT2D eigenvalue weighted by molar-refractivity contribution is 1.18. The number of para-hydroxylation sites is 4. The molecule has 0 saturated heterocycles. The van der Waals surface area contributed by atoms with Gasteiger partial charge in [-0.05, 0) is 148 Å². The maximum Gasteiger partial charge on any atom is 0.0541 e. The Balaban J connectivity index is 0.846. The van der Waals surface area contributed by atoms with Crippen molar-refractivity contribution >= 4 is 60.7 Å². The van der Waals surface area contributed by atoms with Crippen LogP contribution in [-0.4, -0.2) is 9.13 Å². The summed E-state index contributed by atoms with van der Waals surface area (Å²) >= 11 is 0. The minimum absolute atomic E-state index is 1.11. The van der Waals surface area contributed by atoms with E-state index in [0.29, 0.717) is 0 Å². The molecule has 3 nitrogen and oxygen atoms in total. The average Bonchev–Trinajstić information content (AvgIpc) is 3.94. The van der Waals surface area contributed by atoms with Crippen LogP contribution in [0, 0.1) is 0 Å². The highest BCUT2D eigenvalue weighted by molar-refractivity contribution is 6.13. The van der Waals surface area contributed by atoms with E-state index in [2.05, 4.69) is 287 Å². The van der Waals surface area contributed by atoms with Gasteiger partial charge in [0.15, 0.2) is 0 Å². The number of benzene rings is 11. The summed E-state index contributed by atoms with van der Waals surface area (Å²) < 4.78 is 4.78. The molecule has 13 aromatic rings. The smallest absolute Gasteiger partial charge is 0.0541 e. The molecule has 0 aliphatic rings. The minimum Gasteiger partial charge on any atom is -0.311 e. The lowest BCUT2D eigenvalue weighted by Crippen LogP contribution is -2.09. The molecule has 0 atom stereocenters. The standard InChI is InChI=1S/C66H45N3/c1-5-15-46(16-6-1)48-29-36-57(37-30-48)67(54-17-7-2-8-18-54)58-38-31-49(32-39-58)47-25-27-50(28-26-47)51-33-40-65-61(43-51)62-45-53(35-42-66(62)69(65)56-21-11-4-12-22-56)52-34-41-64-60(44-52)59-23-13-14-24-63(59)68(64)55-19-9-3-10-20-55/h1-45H. The van der Waals surface area contributed by atoms with Crippen LogP contribution in [0.1, 0.15) is 0 Å². The molecule has 0 bridgehead atoms. The first-order valence-corrected chi connectivity index (χ1v) is 23.7. The second kappa shape index (κ2) is 16.9. The molecule has 69 heavy (non-hydrogen) atoms. The van der Waals surface area contributed by atoms with Crippen LogP contribution in [0.5, 0.6) is 0 Å². The molecule has 2 heterocycles. The normalized spacial score (nSPS) is 11.5. The summed E-state index contributed by atoms with van der Waals surface area (Å²) in [5.74, 6) is 0. The van der Waals surface area contributed by atoms with Crippen molar-refractivity contribution < 1.29 is 0 Å². The summed E-state index contributed by atoms with van der Waals surface area (Å²) in [4.78, 5) is 2.32. The highest BCUT2D eigenvalue weighted by Crippen LogP contribution is 2.41. The van der Waals surface area contributed by atoms with Gasteiger partial charge in [-0.3, -0.25) is 0 Å². The van der Waals surface area contributed by atoms with Crippen LogP contribution in [0.15, 0.2) is 273 Å². The van der Waals surface area contributed by atoms with E-state index in [-0.39, 0.29) is 0 Å². The molecular formula is C66H45N3. The Morgan fingerprint density at radius 1 is 0.203 bits per heavy atom. The summed E-state index contributed by atoms with van der Waals surface area (Å²) in [6.07, 6.45) is 0. The van der Waals surface area contributed by atoms with E-state index in [0.717, 1.165) is 22.7 Å². The lowest BCUT2D eigenvalue weighted by Gasteiger charge is -2.26. The summed E-state index contributed by atoms with van der Waals surface area (Å²) in [6, 6.07) is 99.0. The molecule has 0 aliphatic heterocycles. The van der Waals surface area contributed by atoms with Crippen molar-refractivity contribution in [1.29, 1.82) is 0 Å². The van der Waals surface area contributed by atoms with Gasteiger partial charge in [0.2, 0.25) is 0 Å². The Morgan fingerprint density at radius 2 is 0.493 bits per heavy atom. The maximum absolute atomic E-state index is 2.40. The third-order valence-corrected chi connectivity index (χ3v) is 13.7. The fourth-order valence-electron chi connectivity index (χ4n) is 10.4. The first kappa shape index (κ1) is 40.1. The Morgan fingerprint density at radius 3 is 0.957 bits per heavy atom. The molecule has 324 valence electrons. The topological polar surface area (TPSA) is 13.1 Å². The summed E-state index contributed by atoms with van der Waals surface area (Å²) in [5.41, 5.74) is 20.0. The maximum atomic E-state index is 2.40. The van der Waals surface area contributed by atoms with Crippen LogP contribution in [0.2, 0.25) is 0 Å². The summed E-state index contributed by atoms with van der Waals surface area (Å²) in [6.45, 7) is 0. The van der Waals surface area contributed by atoms with Crippen molar-refractivity contribution in [3.63, 3.8) is 0 Å². The third kappa shape index (κ3) is 7.16. The van der Waals surface area contributed by atoms with Gasteiger partial charge in [0.25, 0.3) is 0 Å². The van der Waals surface area contributed by atoms with Crippen LogP contribution in [0.3, 0.4) is 0 Å². The first-order valence-electron chi connectivity index (χ1n) is 23.7. The molecule has 0 amide bonds. The predicted octanol–water partition coefficient (Wildman–Crippen LogP) is 18.0. The van der Waals surface area contributed by atoms with Gasteiger partial charge >= 0.3 is 0 Å². The Kier molecular flexibility index (Phi) is 9.84. The van der Waals surface area contributed by atoms with E-state index < -0.39 is 0 Å². The number of hydrogen-bond acceptors (Lipinski definition) is 1. The van der Waals surface area contributed by atoms with E-state index in [1.807, 2.05) is 0 Å². The number of hydrogen-bond donors (Lipinski definition) is 0. The number of anilines is 3. The zero-order valence-electron chi connectivity index (χ0n) is 37.8. The zero-order chi connectivity index (χ0) is 45.7. The molecule has 0 saturated carbocycles. The van der Waals surface area contributed by atoms with Gasteiger partial charge in [-0.1, -0.05) is 170 Å². The van der Waals surface area contributed by atoms with Gasteiger partial charge in [0, 0.05) is 50.0 Å². The van der Waals surface area contributed by atoms with E-state index >= 15 is 0 Å². The van der Waals surface area contributed by atoms with Crippen molar-refractivity contribution in [2.24, 2.45) is 0 Å². The molecule has 0 N–H and O–H groups in total. The van der Waals surface area contributed by atoms with Crippen LogP contribution in [-0.2, 0) is 0 Å². The Hall–Kier alpha value is -9.18. The minimum atomic E-state index is 1.11. The molecule has 0 spiro atoms. The largest absolute Gasteiger partial charge is 0.311 e. The number of aromatic nitrogens is 2. The second-order valence-corrected chi connectivity index (χ2v) is 17.8. The van der Waals surface area contributed by atoms with Gasteiger partial charge in [-0.25, -0.2) is 0 Å². The van der Waals surface area contributed by atoms with Gasteiger partial charge in [0.1, 0.15) is 0 Å². The summed E-state index contributed by atoms with van der Waals surface area (Å²) in [7, 11) is 0. The van der Waals surface area contributed by atoms with Crippen LogP contribution in [0.25, 0.3) is 99.5 Å². The second-order valence-electron chi connectivity index (χ2n) is 17.8. The van der Waals surface area contributed by atoms with E-state index in [9.17, 15) is 0 Å². The van der Waals surface area contributed by atoms with Crippen LogP contribution in [0.4, 0.5) is 17.1 Å². The molecule has 13 rings (SSSR count). The number of rotatable bonds is 9. The number of fused-ring (bicyclic) bond motifs is 6. The molecule has 0 aliphatic carbocycles. The van der Waals surface area contributed by atoms with Crippen LogP contribution >= 0.6 is 0 Å². The molecular weight excluding hydrogens is 835 g/mol. The van der Waals surface area contributed by atoms with E-state index in [4.69, 9.17) is 0 Å². The van der Waals surface area contributed by atoms with Crippen molar-refractivity contribution in [1.82, 2.24) is 9.13 Å². The van der Waals surface area contributed by atoms with Gasteiger partial charge in [0.05, 0.1) is 22.1 Å². The van der Waals surface area contributed by atoms with Crippen LogP contribution < -0.4 is 4.90 Å². The highest BCUT2D eigenvalue weighted by atomic mass is 15.1. The molecule has 0 radical (unpaired) electrons. The summed E-state index contributed by atoms with van der Waals surface area (Å²) in [5, 5.41) is 4.96. The number of nitrogens with zero attached hydrogens (tertiary/aromatic N) is 3. The predicted molar refractivity (Wildman–Crippen MR) is 292 cm³/mol. The molecule has 0 unspecified atom stereocenters. The van der Waals surface area contributed by atoms with Crippen molar-refractivity contribution in [2.75, 3.05) is 4.90 Å². The lowest BCUT2D eigenvalue weighted by atomic mass is 9.98. The molecule has 0 fully saturated rings. The first-order chi connectivity index (χ1) is 34.2. The quantitative estimate of drug-likeness (QED) is 0.141. The molecule has 3 heteroatoms. The zero-order valence-corrected chi connectivity index (χ0v) is 37.8. The average molecular weight is 880 g/mol. The monoisotopic (exact) mass is 879 g/mol. The fraction of sp³-hybridized carbons (Fsp3) is 0. The highest BCUT2D eigenvalue weighted by Gasteiger charge is 2.18. The Labute approximate surface area is 401 Å². The third-order valence-electron chi connectivity index (χ3n) is 13.7. The SMILES string of the molecule is c1ccc(-c2ccc(N(c3ccccc3)c3ccc(-c4ccc(-c5ccc6c(c5)c5cc(-c7ccc8c(c7)c7ccccc7n8-c7ccccc7)ccc5n6-c5ccccc5)cc4)cc3)cc2)cc1. The van der Waals surface area contributed by atoms with Gasteiger partial charge < -0.3 is 14.0 Å². The van der Waals surface area contributed by atoms with E-state index in [1.165, 1.54) is 93.8 Å². The van der Waals surface area contributed by atoms with Gasteiger partial charge in [-0.15, -0.1) is 0 Å². The molecule has 11 aromatic carbocycles. The van der Waals surface area contributed by atoms with Gasteiger partial charge in [-0.2, -0.15) is 0 Å². The Bertz CT molecular complexity index is 3950. The van der Waals surface area contributed by atoms with Crippen molar-refractivity contribution in [3.05, 3.63) is 273 Å². The van der Waals surface area contributed by atoms with Crippen molar-refractivity contribution in [2.45, 2.75) is 0 Å². The molecule has 2 aromatic heterocycles. The van der Waals surface area contributed by atoms with Crippen molar-refractivity contribution in [3.8, 4) is 55.9 Å². The fourth-order valence-corrected chi connectivity index (χ4v) is 10.4. The van der Waals surface area contributed by atoms with E-state index in [1.54, 1.807) is 0 Å².